The standard InChI is InChI=1S/C20H22Cl2N2O3/c1-12(20(25)23-17-5-4-15(21)10-16(17)22)24-7-6-13-8-18(26-2)19(27-3)9-14(13)11-24/h4-5,8-10,12H,6-7,11H2,1-3H3,(H,23,25)/p+1/t12-/m1/s1. The van der Waals surface area contributed by atoms with Crippen LogP contribution in [0.25, 0.3) is 0 Å². The maximum Gasteiger partial charge on any atom is 0.282 e. The van der Waals surface area contributed by atoms with Gasteiger partial charge in [-0.25, -0.2) is 0 Å². The molecule has 2 N–H and O–H groups in total. The van der Waals surface area contributed by atoms with Crippen LogP contribution in [0.1, 0.15) is 18.1 Å². The SMILES string of the molecule is COc1cc2c(cc1OC)C[NH+]([C@H](C)C(=O)Nc1ccc(Cl)cc1Cl)CC2. The van der Waals surface area contributed by atoms with Gasteiger partial charge in [0.15, 0.2) is 17.5 Å². The third-order valence-electron chi connectivity index (χ3n) is 5.03. The predicted molar refractivity (Wildman–Crippen MR) is 107 cm³/mol. The minimum absolute atomic E-state index is 0.0712. The number of ether oxygens (including phenoxy) is 2. The molecule has 144 valence electrons. The summed E-state index contributed by atoms with van der Waals surface area (Å²) in [5.74, 6) is 1.38. The van der Waals surface area contributed by atoms with Gasteiger partial charge in [0.2, 0.25) is 0 Å². The zero-order chi connectivity index (χ0) is 19.6. The van der Waals surface area contributed by atoms with Gasteiger partial charge in [-0.2, -0.15) is 0 Å². The van der Waals surface area contributed by atoms with E-state index in [1.54, 1.807) is 32.4 Å². The Bertz CT molecular complexity index is 857. The third-order valence-corrected chi connectivity index (χ3v) is 5.58. The number of methoxy groups -OCH3 is 2. The number of benzene rings is 2. The third kappa shape index (κ3) is 4.32. The molecule has 0 fully saturated rings. The number of halogens is 2. The number of amides is 1. The molecule has 1 unspecified atom stereocenters. The summed E-state index contributed by atoms with van der Waals surface area (Å²) in [4.78, 5) is 13.9. The highest BCUT2D eigenvalue weighted by atomic mass is 35.5. The summed E-state index contributed by atoms with van der Waals surface area (Å²) in [5, 5.41) is 3.87. The Morgan fingerprint density at radius 2 is 1.78 bits per heavy atom. The molecule has 0 radical (unpaired) electrons. The first-order chi connectivity index (χ1) is 12.9. The lowest BCUT2D eigenvalue weighted by molar-refractivity contribution is -0.929. The van der Waals surface area contributed by atoms with Gasteiger partial charge in [0.1, 0.15) is 6.54 Å². The van der Waals surface area contributed by atoms with E-state index in [0.717, 1.165) is 25.3 Å². The van der Waals surface area contributed by atoms with Gasteiger partial charge in [-0.05, 0) is 42.8 Å². The van der Waals surface area contributed by atoms with E-state index in [0.29, 0.717) is 21.5 Å². The minimum Gasteiger partial charge on any atom is -0.493 e. The molecule has 5 nitrogen and oxygen atoms in total. The van der Waals surface area contributed by atoms with Crippen molar-refractivity contribution in [3.63, 3.8) is 0 Å². The molecule has 1 amide bonds. The number of quaternary nitrogens is 1. The first-order valence-electron chi connectivity index (χ1n) is 8.77. The second-order valence-corrected chi connectivity index (χ2v) is 7.49. The average Bonchev–Trinajstić information content (AvgIpc) is 2.67. The van der Waals surface area contributed by atoms with Crippen molar-refractivity contribution in [1.29, 1.82) is 0 Å². The van der Waals surface area contributed by atoms with Gasteiger partial charge >= 0.3 is 0 Å². The van der Waals surface area contributed by atoms with Gasteiger partial charge < -0.3 is 19.7 Å². The predicted octanol–water partition coefficient (Wildman–Crippen LogP) is 2.98. The molecular formula is C20H23Cl2N2O3+. The topological polar surface area (TPSA) is 52.0 Å². The fraction of sp³-hybridized carbons (Fsp3) is 0.350. The summed E-state index contributed by atoms with van der Waals surface area (Å²) >= 11 is 12.1. The molecular weight excluding hydrogens is 387 g/mol. The second kappa shape index (κ2) is 8.38. The van der Waals surface area contributed by atoms with E-state index in [1.165, 1.54) is 16.0 Å². The van der Waals surface area contributed by atoms with E-state index in [-0.39, 0.29) is 11.9 Å². The molecule has 1 aliphatic heterocycles. The maximum absolute atomic E-state index is 12.7. The van der Waals surface area contributed by atoms with Crippen LogP contribution >= 0.6 is 23.2 Å². The summed E-state index contributed by atoms with van der Waals surface area (Å²) in [6.07, 6.45) is 0.879. The van der Waals surface area contributed by atoms with E-state index in [2.05, 4.69) is 5.32 Å². The van der Waals surface area contributed by atoms with Crippen molar-refractivity contribution in [3.05, 3.63) is 51.5 Å². The van der Waals surface area contributed by atoms with Crippen molar-refractivity contribution in [2.75, 3.05) is 26.1 Å². The Balaban J connectivity index is 1.73. The Morgan fingerprint density at radius 1 is 1.11 bits per heavy atom. The van der Waals surface area contributed by atoms with Gasteiger partial charge in [0.05, 0.1) is 31.5 Å². The Labute approximate surface area is 169 Å². The van der Waals surface area contributed by atoms with Gasteiger partial charge in [0.25, 0.3) is 5.91 Å². The van der Waals surface area contributed by atoms with E-state index in [1.807, 2.05) is 19.1 Å². The van der Waals surface area contributed by atoms with Crippen molar-refractivity contribution in [2.45, 2.75) is 25.9 Å². The molecule has 7 heteroatoms. The molecule has 0 aromatic heterocycles. The van der Waals surface area contributed by atoms with Crippen LogP contribution in [0.15, 0.2) is 30.3 Å². The molecule has 2 atom stereocenters. The number of nitrogens with one attached hydrogen (secondary N) is 2. The van der Waals surface area contributed by atoms with Crippen LogP contribution in [0.4, 0.5) is 5.69 Å². The van der Waals surface area contributed by atoms with E-state index in [4.69, 9.17) is 32.7 Å². The fourth-order valence-electron chi connectivity index (χ4n) is 3.38. The first kappa shape index (κ1) is 19.8. The minimum atomic E-state index is -0.224. The highest BCUT2D eigenvalue weighted by molar-refractivity contribution is 6.36. The number of hydrogen-bond donors (Lipinski definition) is 2. The molecule has 0 saturated heterocycles. The lowest BCUT2D eigenvalue weighted by atomic mass is 9.97. The van der Waals surface area contributed by atoms with Gasteiger partial charge in [-0.1, -0.05) is 23.2 Å². The fourth-order valence-corrected chi connectivity index (χ4v) is 3.83. The molecule has 0 saturated carbocycles. The number of carbonyl (C=O) groups excluding carboxylic acids is 1. The Kier molecular flexibility index (Phi) is 6.15. The molecule has 27 heavy (non-hydrogen) atoms. The maximum atomic E-state index is 12.7. The number of hydrogen-bond acceptors (Lipinski definition) is 3. The van der Waals surface area contributed by atoms with Crippen molar-refractivity contribution in [3.8, 4) is 11.5 Å². The highest BCUT2D eigenvalue weighted by Gasteiger charge is 2.30. The summed E-state index contributed by atoms with van der Waals surface area (Å²) < 4.78 is 10.8. The monoisotopic (exact) mass is 409 g/mol. The van der Waals surface area contributed by atoms with Crippen LogP contribution in [0.3, 0.4) is 0 Å². The van der Waals surface area contributed by atoms with Gasteiger partial charge in [-0.15, -0.1) is 0 Å². The van der Waals surface area contributed by atoms with E-state index in [9.17, 15) is 4.79 Å². The van der Waals surface area contributed by atoms with E-state index >= 15 is 0 Å². The van der Waals surface area contributed by atoms with Crippen LogP contribution in [0.2, 0.25) is 10.0 Å². The summed E-state index contributed by atoms with van der Waals surface area (Å²) in [6.45, 7) is 3.55. The molecule has 3 rings (SSSR count). The summed E-state index contributed by atoms with van der Waals surface area (Å²) in [6, 6.07) is 8.85. The van der Waals surface area contributed by atoms with Crippen LogP contribution in [0.5, 0.6) is 11.5 Å². The number of fused-ring (bicyclic) bond motifs is 1. The quantitative estimate of drug-likeness (QED) is 0.797. The molecule has 0 spiro atoms. The molecule has 2 aromatic carbocycles. The lowest BCUT2D eigenvalue weighted by Crippen LogP contribution is -3.16. The lowest BCUT2D eigenvalue weighted by Gasteiger charge is -2.30. The van der Waals surface area contributed by atoms with Gasteiger partial charge in [0, 0.05) is 17.0 Å². The highest BCUT2D eigenvalue weighted by Crippen LogP contribution is 2.31. The van der Waals surface area contributed by atoms with Crippen molar-refractivity contribution < 1.29 is 19.2 Å². The van der Waals surface area contributed by atoms with Crippen LogP contribution < -0.4 is 19.7 Å². The number of carbonyl (C=O) groups is 1. The summed E-state index contributed by atoms with van der Waals surface area (Å²) in [7, 11) is 3.27. The molecule has 1 heterocycles. The zero-order valence-electron chi connectivity index (χ0n) is 15.6. The molecule has 1 aliphatic rings. The van der Waals surface area contributed by atoms with Crippen LogP contribution in [0, 0.1) is 0 Å². The normalized spacial score (nSPS) is 17.0. The smallest absolute Gasteiger partial charge is 0.282 e. The second-order valence-electron chi connectivity index (χ2n) is 6.65. The largest absolute Gasteiger partial charge is 0.493 e. The summed E-state index contributed by atoms with van der Waals surface area (Å²) in [5.41, 5.74) is 2.99. The molecule has 0 aliphatic carbocycles. The Hall–Kier alpha value is -1.95. The van der Waals surface area contributed by atoms with Crippen molar-refractivity contribution >= 4 is 34.8 Å². The molecule has 0 bridgehead atoms. The zero-order valence-corrected chi connectivity index (χ0v) is 17.1. The average molecular weight is 410 g/mol. The number of anilines is 1. The van der Waals surface area contributed by atoms with Crippen molar-refractivity contribution in [2.24, 2.45) is 0 Å². The van der Waals surface area contributed by atoms with Crippen molar-refractivity contribution in [1.82, 2.24) is 0 Å². The van der Waals surface area contributed by atoms with E-state index < -0.39 is 0 Å². The number of rotatable bonds is 5. The van der Waals surface area contributed by atoms with Crippen LogP contribution in [-0.4, -0.2) is 32.7 Å². The van der Waals surface area contributed by atoms with Gasteiger partial charge in [-0.3, -0.25) is 4.79 Å². The first-order valence-corrected chi connectivity index (χ1v) is 9.52. The Morgan fingerprint density at radius 3 is 2.41 bits per heavy atom. The molecule has 2 aromatic rings. The van der Waals surface area contributed by atoms with Crippen LogP contribution in [-0.2, 0) is 17.8 Å².